The third kappa shape index (κ3) is 4.39. The van der Waals surface area contributed by atoms with Crippen LogP contribution in [0.2, 0.25) is 4.47 Å². The summed E-state index contributed by atoms with van der Waals surface area (Å²) in [6.45, 7) is 4.75. The number of rotatable bonds is 6. The summed E-state index contributed by atoms with van der Waals surface area (Å²) >= 11 is 6.63. The van der Waals surface area contributed by atoms with Gasteiger partial charge < -0.3 is 4.90 Å². The van der Waals surface area contributed by atoms with Gasteiger partial charge in [-0.2, -0.15) is 0 Å². The lowest BCUT2D eigenvalue weighted by Gasteiger charge is -2.33. The quantitative estimate of drug-likeness (QED) is 0.809. The molecule has 1 aromatic rings. The molecule has 0 amide bonds. The van der Waals surface area contributed by atoms with Crippen molar-refractivity contribution >= 4 is 33.0 Å². The zero-order valence-corrected chi connectivity index (χ0v) is 13.9. The molecule has 5 nitrogen and oxygen atoms in total. The fourth-order valence-electron chi connectivity index (χ4n) is 2.41. The topological polar surface area (TPSA) is 62.3 Å². The number of nitrogens with one attached hydrogen (secondary N) is 1. The molecule has 1 unspecified atom stereocenters. The first-order chi connectivity index (χ1) is 9.49. The lowest BCUT2D eigenvalue weighted by atomic mass is 10.0. The van der Waals surface area contributed by atoms with E-state index in [1.165, 1.54) is 25.5 Å². The summed E-state index contributed by atoms with van der Waals surface area (Å²) in [5, 5.41) is 0. The number of sulfonamides is 1. The average molecular weight is 338 g/mol. The van der Waals surface area contributed by atoms with E-state index in [1.807, 2.05) is 0 Å². The molecule has 1 aromatic heterocycles. The van der Waals surface area contributed by atoms with Gasteiger partial charge in [0.05, 0.1) is 6.20 Å². The monoisotopic (exact) mass is 337 g/mol. The van der Waals surface area contributed by atoms with Crippen molar-refractivity contribution in [1.29, 1.82) is 0 Å². The van der Waals surface area contributed by atoms with Crippen LogP contribution < -0.4 is 4.72 Å². The fraction of sp³-hybridized carbons (Fsp3) is 0.750. The van der Waals surface area contributed by atoms with E-state index < -0.39 is 10.0 Å². The Morgan fingerprint density at radius 1 is 1.55 bits per heavy atom. The molecule has 1 N–H and O–H groups in total. The number of halogens is 1. The van der Waals surface area contributed by atoms with Crippen molar-refractivity contribution in [3.8, 4) is 0 Å². The first-order valence-electron chi connectivity index (χ1n) is 6.84. The van der Waals surface area contributed by atoms with E-state index in [4.69, 9.17) is 11.6 Å². The summed E-state index contributed by atoms with van der Waals surface area (Å²) in [7, 11) is -3.45. The second-order valence-corrected chi connectivity index (χ2v) is 8.67. The molecule has 0 aliphatic carbocycles. The molecule has 0 radical (unpaired) electrons. The number of likely N-dealkylation sites (tertiary alicyclic amines) is 1. The lowest BCUT2D eigenvalue weighted by Crippen LogP contribution is -2.39. The van der Waals surface area contributed by atoms with Crippen molar-refractivity contribution in [3.05, 3.63) is 10.7 Å². The Balaban J connectivity index is 1.75. The maximum atomic E-state index is 11.9. The molecule has 1 atom stereocenters. The molecule has 2 rings (SSSR count). The molecule has 1 aliphatic rings. The highest BCUT2D eigenvalue weighted by Crippen LogP contribution is 2.22. The Labute approximate surface area is 129 Å². The van der Waals surface area contributed by atoms with Crippen molar-refractivity contribution in [3.63, 3.8) is 0 Å². The van der Waals surface area contributed by atoms with Gasteiger partial charge in [-0.15, -0.1) is 0 Å². The van der Waals surface area contributed by atoms with Gasteiger partial charge in [0.15, 0.2) is 8.68 Å². The van der Waals surface area contributed by atoms with Gasteiger partial charge in [-0.1, -0.05) is 29.4 Å². The second kappa shape index (κ2) is 7.17. The number of hydrogen-bond acceptors (Lipinski definition) is 5. The lowest BCUT2D eigenvalue weighted by molar-refractivity contribution is 0.159. The van der Waals surface area contributed by atoms with Gasteiger partial charge >= 0.3 is 0 Å². The first kappa shape index (κ1) is 16.2. The van der Waals surface area contributed by atoms with Gasteiger partial charge in [-0.3, -0.25) is 0 Å². The third-order valence-electron chi connectivity index (χ3n) is 3.58. The Bertz CT molecular complexity index is 533. The van der Waals surface area contributed by atoms with Gasteiger partial charge in [0.1, 0.15) is 0 Å². The normalized spacial score (nSPS) is 21.2. The number of nitrogens with zero attached hydrogens (tertiary/aromatic N) is 2. The van der Waals surface area contributed by atoms with Crippen LogP contribution in [0, 0.1) is 0 Å². The van der Waals surface area contributed by atoms with E-state index in [1.54, 1.807) is 0 Å². The van der Waals surface area contributed by atoms with Crippen LogP contribution in [0.25, 0.3) is 0 Å². The molecular weight excluding hydrogens is 318 g/mol. The van der Waals surface area contributed by atoms with Crippen LogP contribution in [-0.2, 0) is 10.0 Å². The average Bonchev–Trinajstić information content (AvgIpc) is 2.84. The van der Waals surface area contributed by atoms with E-state index in [0.717, 1.165) is 30.8 Å². The summed E-state index contributed by atoms with van der Waals surface area (Å²) in [6, 6.07) is 0.612. The summed E-state index contributed by atoms with van der Waals surface area (Å²) in [6.07, 6.45) is 5.90. The molecule has 0 aromatic carbocycles. The SMILES string of the molecule is CC1CCCCN1CCCNS(=O)(=O)c1cnc(Cl)s1. The van der Waals surface area contributed by atoms with Crippen molar-refractivity contribution in [2.75, 3.05) is 19.6 Å². The highest BCUT2D eigenvalue weighted by molar-refractivity contribution is 7.91. The maximum absolute atomic E-state index is 11.9. The van der Waals surface area contributed by atoms with Gasteiger partial charge in [-0.05, 0) is 39.3 Å². The van der Waals surface area contributed by atoms with Crippen LogP contribution >= 0.6 is 22.9 Å². The standard InChI is InChI=1S/C12H20ClN3O2S2/c1-10-5-2-3-7-16(10)8-4-6-15-20(17,18)11-9-14-12(13)19-11/h9-10,15H,2-8H2,1H3. The molecular formula is C12H20ClN3O2S2. The highest BCUT2D eigenvalue weighted by Gasteiger charge is 2.19. The Morgan fingerprint density at radius 2 is 2.35 bits per heavy atom. The predicted octanol–water partition coefficient (Wildman–Crippen LogP) is 2.34. The van der Waals surface area contributed by atoms with Crippen molar-refractivity contribution < 1.29 is 8.42 Å². The zero-order valence-electron chi connectivity index (χ0n) is 11.5. The van der Waals surface area contributed by atoms with Crippen LogP contribution in [-0.4, -0.2) is 44.0 Å². The molecule has 2 heterocycles. The van der Waals surface area contributed by atoms with E-state index in [9.17, 15) is 8.42 Å². The molecule has 114 valence electrons. The summed E-state index contributed by atoms with van der Waals surface area (Å²) in [5.74, 6) is 0. The molecule has 20 heavy (non-hydrogen) atoms. The van der Waals surface area contributed by atoms with E-state index in [0.29, 0.717) is 12.6 Å². The van der Waals surface area contributed by atoms with Crippen molar-refractivity contribution in [1.82, 2.24) is 14.6 Å². The van der Waals surface area contributed by atoms with Crippen LogP contribution in [0.3, 0.4) is 0 Å². The largest absolute Gasteiger partial charge is 0.301 e. The number of piperidine rings is 1. The Kier molecular flexibility index (Phi) is 5.80. The van der Waals surface area contributed by atoms with Crippen molar-refractivity contribution in [2.24, 2.45) is 0 Å². The molecule has 0 spiro atoms. The minimum atomic E-state index is -3.45. The molecule has 0 bridgehead atoms. The number of aromatic nitrogens is 1. The second-order valence-electron chi connectivity index (χ2n) is 5.06. The first-order valence-corrected chi connectivity index (χ1v) is 9.52. The zero-order chi connectivity index (χ0) is 14.6. The van der Waals surface area contributed by atoms with Gasteiger partial charge in [0.2, 0.25) is 0 Å². The summed E-state index contributed by atoms with van der Waals surface area (Å²) in [4.78, 5) is 6.18. The van der Waals surface area contributed by atoms with Crippen molar-refractivity contribution in [2.45, 2.75) is 42.9 Å². The molecule has 1 aliphatic heterocycles. The van der Waals surface area contributed by atoms with Gasteiger partial charge in [0.25, 0.3) is 10.0 Å². The number of hydrogen-bond donors (Lipinski definition) is 1. The van der Waals surface area contributed by atoms with Crippen LogP contribution in [0.15, 0.2) is 10.4 Å². The molecule has 1 saturated heterocycles. The Morgan fingerprint density at radius 3 is 3.00 bits per heavy atom. The Hall–Kier alpha value is -0.210. The third-order valence-corrected chi connectivity index (χ3v) is 6.61. The molecule has 0 saturated carbocycles. The molecule has 8 heteroatoms. The predicted molar refractivity (Wildman–Crippen MR) is 81.8 cm³/mol. The maximum Gasteiger partial charge on any atom is 0.251 e. The van der Waals surface area contributed by atoms with E-state index in [2.05, 4.69) is 21.5 Å². The fourth-order valence-corrected chi connectivity index (χ4v) is 4.82. The highest BCUT2D eigenvalue weighted by atomic mass is 35.5. The summed E-state index contributed by atoms with van der Waals surface area (Å²) in [5.41, 5.74) is 0. The minimum absolute atomic E-state index is 0.175. The smallest absolute Gasteiger partial charge is 0.251 e. The molecule has 1 fully saturated rings. The minimum Gasteiger partial charge on any atom is -0.301 e. The van der Waals surface area contributed by atoms with E-state index in [-0.39, 0.29) is 8.68 Å². The summed E-state index contributed by atoms with van der Waals surface area (Å²) < 4.78 is 26.9. The van der Waals surface area contributed by atoms with E-state index >= 15 is 0 Å². The van der Waals surface area contributed by atoms with Gasteiger partial charge in [0, 0.05) is 12.6 Å². The van der Waals surface area contributed by atoms with Gasteiger partial charge in [-0.25, -0.2) is 18.1 Å². The van der Waals surface area contributed by atoms with Crippen LogP contribution in [0.1, 0.15) is 32.6 Å². The van der Waals surface area contributed by atoms with Crippen LogP contribution in [0.5, 0.6) is 0 Å². The number of thiazole rings is 1. The van der Waals surface area contributed by atoms with Crippen LogP contribution in [0.4, 0.5) is 0 Å².